The quantitative estimate of drug-likeness (QED) is 0.878. The van der Waals surface area contributed by atoms with Gasteiger partial charge in [-0.15, -0.1) is 8.78 Å². The molecule has 0 atom stereocenters. The van der Waals surface area contributed by atoms with Crippen LogP contribution < -0.4 is 14.8 Å². The number of ether oxygens (including phenoxy) is 2. The van der Waals surface area contributed by atoms with E-state index < -0.39 is 6.29 Å². The Labute approximate surface area is 96.5 Å². The summed E-state index contributed by atoms with van der Waals surface area (Å²) in [5, 5.41) is 2.62. The molecule has 92 valence electrons. The average molecular weight is 243 g/mol. The summed E-state index contributed by atoms with van der Waals surface area (Å²) in [4.78, 5) is 11.3. The smallest absolute Gasteiger partial charge is 0.395 e. The van der Waals surface area contributed by atoms with Gasteiger partial charge in [-0.25, -0.2) is 0 Å². The zero-order valence-electron chi connectivity index (χ0n) is 9.13. The number of rotatable bonds is 3. The minimum absolute atomic E-state index is 0.0188. The maximum absolute atomic E-state index is 12.7. The molecule has 0 aromatic heterocycles. The van der Waals surface area contributed by atoms with Crippen LogP contribution in [0.3, 0.4) is 0 Å². The fourth-order valence-corrected chi connectivity index (χ4v) is 1.55. The molecule has 6 heteroatoms. The Morgan fingerprint density at radius 3 is 2.76 bits per heavy atom. The monoisotopic (exact) mass is 243 g/mol. The molecule has 0 fully saturated rings. The molecule has 0 bridgehead atoms. The van der Waals surface area contributed by atoms with Crippen LogP contribution in [-0.4, -0.2) is 18.7 Å². The number of halogens is 2. The van der Waals surface area contributed by atoms with Gasteiger partial charge in [-0.2, -0.15) is 0 Å². The van der Waals surface area contributed by atoms with E-state index in [0.29, 0.717) is 12.1 Å². The lowest BCUT2D eigenvalue weighted by Crippen LogP contribution is -2.26. The number of likely N-dealkylation sites (N-methyl/N-ethyl adjacent to an activating group) is 1. The normalized spacial score (nSPS) is 15.7. The number of nitrogens with one attached hydrogen (secondary N) is 1. The lowest BCUT2D eigenvalue weighted by molar-refractivity contribution is -0.286. The first-order valence-electron chi connectivity index (χ1n) is 5.15. The molecule has 1 aromatic carbocycles. The molecule has 0 saturated carbocycles. The van der Waals surface area contributed by atoms with Gasteiger partial charge in [-0.3, -0.25) is 4.79 Å². The highest BCUT2D eigenvalue weighted by atomic mass is 19.3. The fourth-order valence-electron chi connectivity index (χ4n) is 1.55. The largest absolute Gasteiger partial charge is 0.586 e. The van der Waals surface area contributed by atoms with Crippen molar-refractivity contribution < 1.29 is 23.0 Å². The third-order valence-electron chi connectivity index (χ3n) is 2.20. The summed E-state index contributed by atoms with van der Waals surface area (Å²) >= 11 is 0. The number of fused-ring (bicyclic) bond motifs is 1. The molecule has 0 unspecified atom stereocenters. The molecule has 0 aliphatic carbocycles. The average Bonchev–Trinajstić information content (AvgIpc) is 2.51. The van der Waals surface area contributed by atoms with E-state index in [2.05, 4.69) is 14.8 Å². The van der Waals surface area contributed by atoms with Gasteiger partial charge in [-0.05, 0) is 24.6 Å². The summed E-state index contributed by atoms with van der Waals surface area (Å²) in [6, 6.07) is 4.30. The van der Waals surface area contributed by atoms with E-state index in [9.17, 15) is 13.6 Å². The second-order valence-electron chi connectivity index (χ2n) is 3.58. The van der Waals surface area contributed by atoms with Gasteiger partial charge in [0, 0.05) is 6.54 Å². The Morgan fingerprint density at radius 1 is 1.35 bits per heavy atom. The first-order valence-corrected chi connectivity index (χ1v) is 5.15. The van der Waals surface area contributed by atoms with Crippen LogP contribution in [0, 0.1) is 0 Å². The summed E-state index contributed by atoms with van der Waals surface area (Å²) in [5.74, 6) is -0.232. The van der Waals surface area contributed by atoms with E-state index in [0.717, 1.165) is 0 Å². The Bertz CT molecular complexity index is 448. The van der Waals surface area contributed by atoms with Crippen LogP contribution in [0.5, 0.6) is 11.5 Å². The zero-order valence-corrected chi connectivity index (χ0v) is 9.13. The van der Waals surface area contributed by atoms with Crippen molar-refractivity contribution in [2.24, 2.45) is 0 Å². The molecule has 2 rings (SSSR count). The number of benzene rings is 1. The second-order valence-corrected chi connectivity index (χ2v) is 3.58. The fraction of sp³-hybridized carbons (Fsp3) is 0.364. The number of hydrogen-bond acceptors (Lipinski definition) is 3. The highest BCUT2D eigenvalue weighted by Gasteiger charge is 2.43. The molecule has 0 saturated heterocycles. The Kier molecular flexibility index (Phi) is 2.87. The number of alkyl halides is 2. The number of amides is 1. The summed E-state index contributed by atoms with van der Waals surface area (Å²) < 4.78 is 34.0. The second kappa shape index (κ2) is 4.20. The Morgan fingerprint density at radius 2 is 2.06 bits per heavy atom. The van der Waals surface area contributed by atoms with Crippen LogP contribution in [0.15, 0.2) is 18.2 Å². The molecule has 0 radical (unpaired) electrons. The van der Waals surface area contributed by atoms with Crippen molar-refractivity contribution in [3.05, 3.63) is 23.8 Å². The Balaban J connectivity index is 2.11. The predicted molar refractivity (Wildman–Crippen MR) is 55.0 cm³/mol. The van der Waals surface area contributed by atoms with Crippen molar-refractivity contribution in [3.63, 3.8) is 0 Å². The van der Waals surface area contributed by atoms with Crippen molar-refractivity contribution >= 4 is 5.91 Å². The number of carbonyl (C=O) groups excluding carboxylic acids is 1. The minimum Gasteiger partial charge on any atom is -0.395 e. The maximum Gasteiger partial charge on any atom is 0.586 e. The molecule has 17 heavy (non-hydrogen) atoms. The first kappa shape index (κ1) is 11.6. The number of carbonyl (C=O) groups is 1. The van der Waals surface area contributed by atoms with Crippen molar-refractivity contribution in [2.45, 2.75) is 19.6 Å². The summed E-state index contributed by atoms with van der Waals surface area (Å²) in [6.45, 7) is 2.33. The first-order chi connectivity index (χ1) is 8.00. The number of hydrogen-bond donors (Lipinski definition) is 1. The predicted octanol–water partition coefficient (Wildman–Crippen LogP) is 1.69. The maximum atomic E-state index is 12.7. The SMILES string of the molecule is CCNC(=O)Cc1ccc2c(c1)OC(F)(F)O2. The highest BCUT2D eigenvalue weighted by molar-refractivity contribution is 5.78. The summed E-state index contributed by atoms with van der Waals surface area (Å²) in [5.41, 5.74) is 0.594. The molecule has 1 aliphatic heterocycles. The van der Waals surface area contributed by atoms with Crippen LogP contribution in [0.2, 0.25) is 0 Å². The molecular weight excluding hydrogens is 232 g/mol. The van der Waals surface area contributed by atoms with Crippen molar-refractivity contribution in [1.82, 2.24) is 5.32 Å². The molecule has 1 aliphatic rings. The third kappa shape index (κ3) is 2.64. The van der Waals surface area contributed by atoms with Crippen LogP contribution in [0.4, 0.5) is 8.78 Å². The van der Waals surface area contributed by atoms with Crippen molar-refractivity contribution in [2.75, 3.05) is 6.54 Å². The van der Waals surface area contributed by atoms with Gasteiger partial charge >= 0.3 is 6.29 Å². The van der Waals surface area contributed by atoms with E-state index in [-0.39, 0.29) is 23.8 Å². The molecule has 1 aromatic rings. The standard InChI is InChI=1S/C11H11F2NO3/c1-2-14-10(15)6-7-3-4-8-9(5-7)17-11(12,13)16-8/h3-5H,2,6H2,1H3,(H,14,15). The van der Waals surface area contributed by atoms with Crippen LogP contribution in [0.25, 0.3) is 0 Å². The van der Waals surface area contributed by atoms with Crippen LogP contribution in [-0.2, 0) is 11.2 Å². The Hall–Kier alpha value is -1.85. The van der Waals surface area contributed by atoms with Crippen molar-refractivity contribution in [3.8, 4) is 11.5 Å². The van der Waals surface area contributed by atoms with Gasteiger partial charge in [0.1, 0.15) is 0 Å². The molecule has 1 N–H and O–H groups in total. The van der Waals surface area contributed by atoms with Crippen molar-refractivity contribution in [1.29, 1.82) is 0 Å². The van der Waals surface area contributed by atoms with E-state index in [1.54, 1.807) is 13.0 Å². The van der Waals surface area contributed by atoms with E-state index >= 15 is 0 Å². The molecule has 1 amide bonds. The summed E-state index contributed by atoms with van der Waals surface area (Å²) in [6.07, 6.45) is -3.50. The molecule has 0 spiro atoms. The van der Waals surface area contributed by atoms with Gasteiger partial charge in [0.2, 0.25) is 5.91 Å². The summed E-state index contributed by atoms with van der Waals surface area (Å²) in [7, 11) is 0. The van der Waals surface area contributed by atoms with Crippen LogP contribution >= 0.6 is 0 Å². The minimum atomic E-state index is -3.62. The molecular formula is C11H11F2NO3. The van der Waals surface area contributed by atoms with Gasteiger partial charge in [-0.1, -0.05) is 6.07 Å². The van der Waals surface area contributed by atoms with Gasteiger partial charge in [0.05, 0.1) is 6.42 Å². The lowest BCUT2D eigenvalue weighted by atomic mass is 10.1. The van der Waals surface area contributed by atoms with E-state index in [4.69, 9.17) is 0 Å². The third-order valence-corrected chi connectivity index (χ3v) is 2.20. The van der Waals surface area contributed by atoms with Crippen LogP contribution in [0.1, 0.15) is 12.5 Å². The molecule has 1 heterocycles. The molecule has 4 nitrogen and oxygen atoms in total. The van der Waals surface area contributed by atoms with E-state index in [1.807, 2.05) is 0 Å². The lowest BCUT2D eigenvalue weighted by Gasteiger charge is -2.04. The van der Waals surface area contributed by atoms with Gasteiger partial charge in [0.15, 0.2) is 11.5 Å². The highest BCUT2D eigenvalue weighted by Crippen LogP contribution is 2.41. The van der Waals surface area contributed by atoms with Gasteiger partial charge < -0.3 is 14.8 Å². The zero-order chi connectivity index (χ0) is 12.5. The topological polar surface area (TPSA) is 47.6 Å². The van der Waals surface area contributed by atoms with E-state index in [1.165, 1.54) is 12.1 Å². The van der Waals surface area contributed by atoms with Gasteiger partial charge in [0.25, 0.3) is 0 Å².